The van der Waals surface area contributed by atoms with Crippen LogP contribution in [-0.2, 0) is 9.59 Å². The summed E-state index contributed by atoms with van der Waals surface area (Å²) in [4.78, 5) is 20.4. The monoisotopic (exact) mass is 597 g/mol. The molecule has 0 rings (SSSR count). The molecule has 0 aliphatic heterocycles. The molecule has 0 saturated carbocycles. The Morgan fingerprint density at radius 2 is 0.476 bits per heavy atom. The Hall–Kier alpha value is 0.537. The number of hydrogen-bond donors (Lipinski definition) is 0. The van der Waals surface area contributed by atoms with Crippen LogP contribution in [0.1, 0.15) is 219 Å². The van der Waals surface area contributed by atoms with Crippen molar-refractivity contribution in [3.8, 4) is 0 Å². The zero-order chi connectivity index (χ0) is 29.8. The summed E-state index contributed by atoms with van der Waals surface area (Å²) in [5, 5.41) is 20.4. The number of carboxylic acids is 2. The summed E-state index contributed by atoms with van der Waals surface area (Å²) in [6.07, 6.45) is 39.7. The van der Waals surface area contributed by atoms with Crippen molar-refractivity contribution in [2.24, 2.45) is 0 Å². The van der Waals surface area contributed by atoms with Crippen LogP contribution in [0.5, 0.6) is 0 Å². The van der Waals surface area contributed by atoms with E-state index in [0.29, 0.717) is 0 Å². The summed E-state index contributed by atoms with van der Waals surface area (Å²) < 4.78 is 0. The molecule has 0 radical (unpaired) electrons. The Balaban J connectivity index is -0.000000328. The molecule has 0 N–H and O–H groups in total. The topological polar surface area (TPSA) is 80.3 Å². The molecule has 0 aromatic carbocycles. The molecule has 0 spiro atoms. The van der Waals surface area contributed by atoms with Crippen molar-refractivity contribution in [2.75, 3.05) is 0 Å². The van der Waals surface area contributed by atoms with Crippen molar-refractivity contribution in [2.45, 2.75) is 219 Å². The molecular weight excluding hydrogens is 526 g/mol. The second kappa shape index (κ2) is 46.0. The molecule has 0 amide bonds. The van der Waals surface area contributed by atoms with Gasteiger partial charge in [0, 0.05) is 11.9 Å². The number of unbranched alkanes of at least 4 members (excludes halogenated alkanes) is 28. The van der Waals surface area contributed by atoms with Crippen LogP contribution in [0.25, 0.3) is 0 Å². The first kappa shape index (κ1) is 49.4. The molecule has 0 heterocycles. The minimum absolute atomic E-state index is 0. The van der Waals surface area contributed by atoms with Crippen LogP contribution in [0.4, 0.5) is 0 Å². The molecule has 0 saturated heterocycles. The summed E-state index contributed by atoms with van der Waals surface area (Å²) in [5.41, 5.74) is 0. The van der Waals surface area contributed by atoms with Gasteiger partial charge in [0.25, 0.3) is 0 Å². The van der Waals surface area contributed by atoms with E-state index in [9.17, 15) is 19.8 Å². The quantitative estimate of drug-likeness (QED) is 0.0869. The van der Waals surface area contributed by atoms with Crippen LogP contribution in [0.3, 0.4) is 0 Å². The fourth-order valence-electron chi connectivity index (χ4n) is 5.28. The molecule has 6 heteroatoms. The van der Waals surface area contributed by atoms with Gasteiger partial charge in [-0.25, -0.2) is 0 Å². The van der Waals surface area contributed by atoms with Gasteiger partial charge in [-0.2, -0.15) is 0 Å². The zero-order valence-corrected chi connectivity index (χ0v) is 31.3. The third kappa shape index (κ3) is 53.1. The van der Waals surface area contributed by atoms with E-state index in [2.05, 4.69) is 13.8 Å². The van der Waals surface area contributed by atoms with Crippen molar-refractivity contribution in [3.63, 3.8) is 0 Å². The third-order valence-electron chi connectivity index (χ3n) is 7.97. The Bertz CT molecular complexity index is 461. The smallest absolute Gasteiger partial charge is 0.550 e. The Morgan fingerprint density at radius 3 is 0.619 bits per heavy atom. The van der Waals surface area contributed by atoms with E-state index in [0.717, 1.165) is 25.7 Å². The van der Waals surface area contributed by atoms with E-state index >= 15 is 0 Å². The molecule has 240 valence electrons. The number of carboxylic acid groups (broad SMARTS) is 2. The van der Waals surface area contributed by atoms with Gasteiger partial charge in [-0.15, -0.1) is 0 Å². The average molecular weight is 597 g/mol. The van der Waals surface area contributed by atoms with Gasteiger partial charge in [0.2, 0.25) is 0 Å². The van der Waals surface area contributed by atoms with Gasteiger partial charge >= 0.3 is 48.4 Å². The molecule has 0 bridgehead atoms. The largest absolute Gasteiger partial charge is 1.00 e. The van der Waals surface area contributed by atoms with E-state index in [1.54, 1.807) is 0 Å². The van der Waals surface area contributed by atoms with Gasteiger partial charge in [0.05, 0.1) is 0 Å². The zero-order valence-electron chi connectivity index (χ0n) is 29.3. The number of hydrogen-bond acceptors (Lipinski definition) is 4. The van der Waals surface area contributed by atoms with Gasteiger partial charge in [-0.1, -0.05) is 194 Å². The second-order valence-electron chi connectivity index (χ2n) is 12.1. The number of carbonyl (C=O) groups is 2. The van der Waals surface area contributed by atoms with Crippen molar-refractivity contribution in [1.29, 1.82) is 0 Å². The number of rotatable bonds is 32. The normalized spacial score (nSPS) is 10.3. The predicted octanol–water partition coefficient (Wildman–Crippen LogP) is 4.00. The van der Waals surface area contributed by atoms with Crippen molar-refractivity contribution < 1.29 is 68.2 Å². The summed E-state index contributed by atoms with van der Waals surface area (Å²) >= 11 is 0. The molecular formula is C36H70LiNaO4. The van der Waals surface area contributed by atoms with Crippen LogP contribution >= 0.6 is 0 Å². The molecule has 0 unspecified atom stereocenters. The Kier molecular flexibility index (Phi) is 54.1. The molecule has 0 aliphatic carbocycles. The van der Waals surface area contributed by atoms with Crippen molar-refractivity contribution >= 4 is 11.9 Å². The average Bonchev–Trinajstić information content (AvgIpc) is 2.93. The summed E-state index contributed by atoms with van der Waals surface area (Å²) in [7, 11) is 0. The van der Waals surface area contributed by atoms with Crippen LogP contribution in [0.2, 0.25) is 0 Å². The molecule has 0 aliphatic rings. The first-order chi connectivity index (χ1) is 19.5. The minimum atomic E-state index is -0.903. The molecule has 0 aromatic heterocycles. The second-order valence-corrected chi connectivity index (χ2v) is 12.1. The first-order valence-electron chi connectivity index (χ1n) is 17.9. The van der Waals surface area contributed by atoms with Crippen LogP contribution in [0, 0.1) is 0 Å². The van der Waals surface area contributed by atoms with Crippen molar-refractivity contribution in [1.82, 2.24) is 0 Å². The van der Waals surface area contributed by atoms with E-state index < -0.39 is 11.9 Å². The summed E-state index contributed by atoms with van der Waals surface area (Å²) in [5.74, 6) is -1.81. The van der Waals surface area contributed by atoms with E-state index in [-0.39, 0.29) is 61.3 Å². The standard InChI is InChI=1S/2C18H36O2.Li.Na/c2*1-2-3-4-5-6-7-8-9-10-11-12-13-14-15-16-17-18(19)20;;/h2*2-17H2,1H3,(H,19,20);;/q;;2*+1/p-2. The van der Waals surface area contributed by atoms with Crippen LogP contribution in [-0.4, -0.2) is 11.9 Å². The summed E-state index contributed by atoms with van der Waals surface area (Å²) in [6.45, 7) is 4.53. The van der Waals surface area contributed by atoms with E-state index in [4.69, 9.17) is 0 Å². The van der Waals surface area contributed by atoms with E-state index in [1.165, 1.54) is 167 Å². The Morgan fingerprint density at radius 1 is 0.333 bits per heavy atom. The fourth-order valence-corrected chi connectivity index (χ4v) is 5.28. The third-order valence-corrected chi connectivity index (χ3v) is 7.97. The van der Waals surface area contributed by atoms with Gasteiger partial charge in [-0.3, -0.25) is 0 Å². The predicted molar refractivity (Wildman–Crippen MR) is 169 cm³/mol. The molecule has 0 fully saturated rings. The molecule has 0 atom stereocenters. The maximum Gasteiger partial charge on any atom is 1.00 e. The van der Waals surface area contributed by atoms with Gasteiger partial charge in [0.15, 0.2) is 0 Å². The molecule has 0 aromatic rings. The van der Waals surface area contributed by atoms with Crippen LogP contribution in [0.15, 0.2) is 0 Å². The number of aliphatic carboxylic acids is 2. The first-order valence-corrected chi connectivity index (χ1v) is 17.9. The Labute approximate surface area is 297 Å². The molecule has 42 heavy (non-hydrogen) atoms. The number of carbonyl (C=O) groups excluding carboxylic acids is 2. The molecule has 4 nitrogen and oxygen atoms in total. The van der Waals surface area contributed by atoms with Crippen molar-refractivity contribution in [3.05, 3.63) is 0 Å². The van der Waals surface area contributed by atoms with Crippen LogP contribution < -0.4 is 58.6 Å². The minimum Gasteiger partial charge on any atom is -0.550 e. The van der Waals surface area contributed by atoms with Gasteiger partial charge < -0.3 is 19.8 Å². The van der Waals surface area contributed by atoms with E-state index in [1.807, 2.05) is 0 Å². The maximum absolute atomic E-state index is 10.2. The van der Waals surface area contributed by atoms with Gasteiger partial charge in [0.1, 0.15) is 0 Å². The van der Waals surface area contributed by atoms with Gasteiger partial charge in [-0.05, 0) is 25.7 Å². The summed E-state index contributed by atoms with van der Waals surface area (Å²) in [6, 6.07) is 0. The SMILES string of the molecule is CCCCCCCCCCCCCCCCCC(=O)[O-].CCCCCCCCCCCCCCCCCC(=O)[O-].[Li+].[Na+]. The maximum atomic E-state index is 10.2. The fraction of sp³-hybridized carbons (Fsp3) is 0.944.